The van der Waals surface area contributed by atoms with Gasteiger partial charge in [0.15, 0.2) is 0 Å². The topological polar surface area (TPSA) is 49.3 Å². The monoisotopic (exact) mass is 199 g/mol. The van der Waals surface area contributed by atoms with Gasteiger partial charge in [-0.3, -0.25) is 4.79 Å². The molecule has 0 aromatic heterocycles. The third-order valence-corrected chi connectivity index (χ3v) is 3.15. The lowest BCUT2D eigenvalue weighted by Gasteiger charge is -2.16. The van der Waals surface area contributed by atoms with Crippen molar-refractivity contribution in [1.29, 1.82) is 0 Å². The van der Waals surface area contributed by atoms with Crippen LogP contribution >= 0.6 is 0 Å². The number of nitrogens with one attached hydrogen (secondary N) is 1. The van der Waals surface area contributed by atoms with Crippen LogP contribution in [0.2, 0.25) is 0 Å². The minimum absolute atomic E-state index is 0.142. The molecular formula is C11H21NO2. The van der Waals surface area contributed by atoms with Gasteiger partial charge in [-0.25, -0.2) is 0 Å². The Labute approximate surface area is 85.9 Å². The van der Waals surface area contributed by atoms with E-state index in [4.69, 9.17) is 5.11 Å². The first kappa shape index (κ1) is 11.5. The molecule has 0 saturated heterocycles. The number of hydrogen-bond donors (Lipinski definition) is 2. The van der Waals surface area contributed by atoms with Crippen molar-refractivity contribution in [1.82, 2.24) is 5.32 Å². The molecular weight excluding hydrogens is 178 g/mol. The average molecular weight is 199 g/mol. The van der Waals surface area contributed by atoms with Crippen LogP contribution in [0.1, 0.15) is 40.0 Å². The van der Waals surface area contributed by atoms with E-state index in [1.165, 1.54) is 0 Å². The van der Waals surface area contributed by atoms with E-state index in [9.17, 15) is 4.79 Å². The highest BCUT2D eigenvalue weighted by molar-refractivity contribution is 5.82. The van der Waals surface area contributed by atoms with Gasteiger partial charge in [-0.05, 0) is 24.7 Å². The van der Waals surface area contributed by atoms with E-state index in [0.717, 1.165) is 12.8 Å². The van der Waals surface area contributed by atoms with E-state index in [1.807, 2.05) is 6.92 Å². The van der Waals surface area contributed by atoms with E-state index >= 15 is 0 Å². The summed E-state index contributed by atoms with van der Waals surface area (Å²) in [7, 11) is 0. The molecule has 1 amide bonds. The number of carbonyl (C=O) groups is 1. The predicted molar refractivity (Wildman–Crippen MR) is 55.8 cm³/mol. The Bertz CT molecular complexity index is 213. The minimum atomic E-state index is 0.142. The standard InChI is InChI=1S/C11H21NO2/c1-4-8(5-6-13)12-10(14)9-7-11(9,2)3/h8-9,13H,4-7H2,1-3H3,(H,12,14). The van der Waals surface area contributed by atoms with Crippen molar-refractivity contribution in [3.8, 4) is 0 Å². The number of rotatable bonds is 5. The van der Waals surface area contributed by atoms with Crippen molar-refractivity contribution < 1.29 is 9.90 Å². The van der Waals surface area contributed by atoms with Gasteiger partial charge in [0.05, 0.1) is 0 Å². The zero-order valence-electron chi connectivity index (χ0n) is 9.34. The van der Waals surface area contributed by atoms with Gasteiger partial charge in [0.2, 0.25) is 5.91 Å². The fraction of sp³-hybridized carbons (Fsp3) is 0.909. The molecule has 0 aliphatic heterocycles. The molecule has 0 heterocycles. The molecule has 2 N–H and O–H groups in total. The molecule has 14 heavy (non-hydrogen) atoms. The van der Waals surface area contributed by atoms with E-state index in [0.29, 0.717) is 6.42 Å². The van der Waals surface area contributed by atoms with Crippen LogP contribution in [0.5, 0.6) is 0 Å². The van der Waals surface area contributed by atoms with Gasteiger partial charge in [-0.1, -0.05) is 20.8 Å². The SMILES string of the molecule is CCC(CCO)NC(=O)C1CC1(C)C. The Morgan fingerprint density at radius 1 is 1.64 bits per heavy atom. The highest BCUT2D eigenvalue weighted by Crippen LogP contribution is 2.51. The number of hydrogen-bond acceptors (Lipinski definition) is 2. The second-order valence-electron chi connectivity index (χ2n) is 4.87. The lowest BCUT2D eigenvalue weighted by molar-refractivity contribution is -0.123. The molecule has 1 fully saturated rings. The van der Waals surface area contributed by atoms with Gasteiger partial charge in [-0.2, -0.15) is 0 Å². The van der Waals surface area contributed by atoms with Crippen LogP contribution in [-0.2, 0) is 4.79 Å². The highest BCUT2D eigenvalue weighted by Gasteiger charge is 2.50. The van der Waals surface area contributed by atoms with Crippen LogP contribution < -0.4 is 5.32 Å². The summed E-state index contributed by atoms with van der Waals surface area (Å²) in [6.45, 7) is 6.40. The van der Waals surface area contributed by atoms with Crippen LogP contribution in [0.25, 0.3) is 0 Å². The highest BCUT2D eigenvalue weighted by atomic mass is 16.3. The summed E-state index contributed by atoms with van der Waals surface area (Å²) in [4.78, 5) is 11.7. The normalized spacial score (nSPS) is 25.6. The first-order valence-electron chi connectivity index (χ1n) is 5.42. The van der Waals surface area contributed by atoms with Gasteiger partial charge < -0.3 is 10.4 Å². The maximum Gasteiger partial charge on any atom is 0.223 e. The van der Waals surface area contributed by atoms with E-state index in [1.54, 1.807) is 0 Å². The van der Waals surface area contributed by atoms with Gasteiger partial charge in [0.25, 0.3) is 0 Å². The van der Waals surface area contributed by atoms with Gasteiger partial charge in [-0.15, -0.1) is 0 Å². The number of aliphatic hydroxyl groups excluding tert-OH is 1. The van der Waals surface area contributed by atoms with Crippen LogP contribution in [0.3, 0.4) is 0 Å². The van der Waals surface area contributed by atoms with Crippen LogP contribution in [-0.4, -0.2) is 23.7 Å². The summed E-state index contributed by atoms with van der Waals surface area (Å²) in [6.07, 6.45) is 2.54. The Morgan fingerprint density at radius 3 is 2.57 bits per heavy atom. The molecule has 1 aliphatic rings. The number of amides is 1. The van der Waals surface area contributed by atoms with Crippen molar-refractivity contribution in [2.75, 3.05) is 6.61 Å². The zero-order chi connectivity index (χ0) is 10.8. The Balaban J connectivity index is 2.33. The fourth-order valence-corrected chi connectivity index (χ4v) is 1.75. The molecule has 2 atom stereocenters. The van der Waals surface area contributed by atoms with Gasteiger partial charge in [0.1, 0.15) is 0 Å². The van der Waals surface area contributed by atoms with E-state index in [-0.39, 0.29) is 29.9 Å². The minimum Gasteiger partial charge on any atom is -0.396 e. The smallest absolute Gasteiger partial charge is 0.223 e. The van der Waals surface area contributed by atoms with Crippen LogP contribution in [0, 0.1) is 11.3 Å². The van der Waals surface area contributed by atoms with Gasteiger partial charge in [0, 0.05) is 18.6 Å². The molecule has 0 radical (unpaired) electrons. The summed E-state index contributed by atoms with van der Waals surface area (Å²) >= 11 is 0. The third-order valence-electron chi connectivity index (χ3n) is 3.15. The fourth-order valence-electron chi connectivity index (χ4n) is 1.75. The first-order chi connectivity index (χ1) is 6.51. The molecule has 0 spiro atoms. The lowest BCUT2D eigenvalue weighted by Crippen LogP contribution is -2.36. The Hall–Kier alpha value is -0.570. The second kappa shape index (κ2) is 4.30. The Kier molecular flexibility index (Phi) is 3.53. The molecule has 1 aliphatic carbocycles. The van der Waals surface area contributed by atoms with E-state index in [2.05, 4.69) is 19.2 Å². The van der Waals surface area contributed by atoms with Crippen LogP contribution in [0.4, 0.5) is 0 Å². The third kappa shape index (κ3) is 2.71. The molecule has 2 unspecified atom stereocenters. The van der Waals surface area contributed by atoms with Crippen LogP contribution in [0.15, 0.2) is 0 Å². The number of aliphatic hydroxyl groups is 1. The second-order valence-corrected chi connectivity index (χ2v) is 4.87. The molecule has 0 bridgehead atoms. The molecule has 1 rings (SSSR count). The van der Waals surface area contributed by atoms with Crippen molar-refractivity contribution in [2.24, 2.45) is 11.3 Å². The predicted octanol–water partition coefficient (Wildman–Crippen LogP) is 1.31. The lowest BCUT2D eigenvalue weighted by atomic mass is 10.1. The molecule has 0 aromatic rings. The molecule has 82 valence electrons. The van der Waals surface area contributed by atoms with E-state index < -0.39 is 0 Å². The quantitative estimate of drug-likeness (QED) is 0.701. The molecule has 3 nitrogen and oxygen atoms in total. The molecule has 0 aromatic carbocycles. The summed E-state index contributed by atoms with van der Waals surface area (Å²) in [5.41, 5.74) is 0.196. The maximum atomic E-state index is 11.7. The van der Waals surface area contributed by atoms with Crippen molar-refractivity contribution >= 4 is 5.91 Å². The summed E-state index contributed by atoms with van der Waals surface area (Å²) < 4.78 is 0. The van der Waals surface area contributed by atoms with Crippen molar-refractivity contribution in [3.63, 3.8) is 0 Å². The van der Waals surface area contributed by atoms with Gasteiger partial charge >= 0.3 is 0 Å². The first-order valence-corrected chi connectivity index (χ1v) is 5.42. The summed E-state index contributed by atoms with van der Waals surface area (Å²) in [5, 5.41) is 11.8. The number of carbonyl (C=O) groups excluding carboxylic acids is 1. The Morgan fingerprint density at radius 2 is 2.21 bits per heavy atom. The largest absolute Gasteiger partial charge is 0.396 e. The molecule has 3 heteroatoms. The summed E-state index contributed by atoms with van der Waals surface area (Å²) in [6, 6.07) is 0.142. The van der Waals surface area contributed by atoms with Crippen molar-refractivity contribution in [2.45, 2.75) is 46.1 Å². The average Bonchev–Trinajstić information content (AvgIpc) is 2.74. The maximum absolute atomic E-state index is 11.7. The van der Waals surface area contributed by atoms with Crippen molar-refractivity contribution in [3.05, 3.63) is 0 Å². The zero-order valence-corrected chi connectivity index (χ0v) is 9.34. The summed E-state index contributed by atoms with van der Waals surface area (Å²) in [5.74, 6) is 0.352. The molecule has 1 saturated carbocycles.